The van der Waals surface area contributed by atoms with Crippen molar-refractivity contribution in [3.63, 3.8) is 0 Å². The number of benzene rings is 1. The van der Waals surface area contributed by atoms with E-state index >= 15 is 0 Å². The number of hydrogen-bond donors (Lipinski definition) is 0. The molecule has 1 saturated heterocycles. The molecule has 1 aliphatic rings. The maximum atomic E-state index is 12.6. The van der Waals surface area contributed by atoms with Crippen molar-refractivity contribution in [2.24, 2.45) is 0 Å². The second kappa shape index (κ2) is 6.27. The van der Waals surface area contributed by atoms with E-state index in [9.17, 15) is 16.8 Å². The predicted molar refractivity (Wildman–Crippen MR) is 85.7 cm³/mol. The van der Waals surface area contributed by atoms with Crippen LogP contribution in [-0.2, 0) is 20.0 Å². The van der Waals surface area contributed by atoms with Gasteiger partial charge in [-0.15, -0.1) is 0 Å². The number of aryl methyl sites for hydroxylation is 2. The average molecular weight is 346 g/mol. The Morgan fingerprint density at radius 3 is 1.95 bits per heavy atom. The zero-order valence-electron chi connectivity index (χ0n) is 13.1. The summed E-state index contributed by atoms with van der Waals surface area (Å²) in [6.45, 7) is 6.19. The number of rotatable bonds is 4. The molecule has 22 heavy (non-hydrogen) atoms. The lowest BCUT2D eigenvalue weighted by molar-refractivity contribution is 0.273. The first-order chi connectivity index (χ1) is 10.2. The molecule has 6 nitrogen and oxygen atoms in total. The summed E-state index contributed by atoms with van der Waals surface area (Å²) in [6, 6.07) is 5.06. The van der Waals surface area contributed by atoms with Gasteiger partial charge in [0.25, 0.3) is 0 Å². The number of nitrogens with zero attached hydrogens (tertiary/aromatic N) is 2. The summed E-state index contributed by atoms with van der Waals surface area (Å²) in [5.74, 6) is 0.0386. The van der Waals surface area contributed by atoms with E-state index in [1.807, 2.05) is 13.8 Å². The quantitative estimate of drug-likeness (QED) is 0.814. The molecule has 0 bridgehead atoms. The van der Waals surface area contributed by atoms with Gasteiger partial charge < -0.3 is 0 Å². The number of hydrogen-bond acceptors (Lipinski definition) is 4. The zero-order valence-corrected chi connectivity index (χ0v) is 14.7. The number of sulfonamides is 2. The third-order valence-corrected chi connectivity index (χ3v) is 7.85. The van der Waals surface area contributed by atoms with Crippen molar-refractivity contribution in [3.8, 4) is 0 Å². The highest BCUT2D eigenvalue weighted by Crippen LogP contribution is 2.21. The third-order valence-electron chi connectivity index (χ3n) is 4.07. The molecule has 0 unspecified atom stereocenters. The molecule has 8 heteroatoms. The largest absolute Gasteiger partial charge is 0.243 e. The molecule has 0 saturated carbocycles. The molecule has 1 aliphatic heterocycles. The van der Waals surface area contributed by atoms with Crippen LogP contribution in [0.5, 0.6) is 0 Å². The summed E-state index contributed by atoms with van der Waals surface area (Å²) in [6.07, 6.45) is 0. The highest BCUT2D eigenvalue weighted by molar-refractivity contribution is 7.89. The Morgan fingerprint density at radius 2 is 1.45 bits per heavy atom. The van der Waals surface area contributed by atoms with Gasteiger partial charge in [0.2, 0.25) is 20.0 Å². The molecule has 1 fully saturated rings. The van der Waals surface area contributed by atoms with Crippen LogP contribution in [0.15, 0.2) is 23.1 Å². The molecule has 124 valence electrons. The normalized spacial score (nSPS) is 18.5. The topological polar surface area (TPSA) is 74.8 Å². The van der Waals surface area contributed by atoms with Gasteiger partial charge in [0.1, 0.15) is 0 Å². The van der Waals surface area contributed by atoms with Crippen molar-refractivity contribution in [1.82, 2.24) is 8.61 Å². The molecule has 0 aromatic heterocycles. The Labute approximate surface area is 132 Å². The van der Waals surface area contributed by atoms with Crippen molar-refractivity contribution in [3.05, 3.63) is 29.3 Å². The Hall–Kier alpha value is -0.960. The first-order valence-electron chi connectivity index (χ1n) is 7.23. The van der Waals surface area contributed by atoms with E-state index in [2.05, 4.69) is 0 Å². The van der Waals surface area contributed by atoms with Gasteiger partial charge in [0.05, 0.1) is 10.6 Å². The second-order valence-corrected chi connectivity index (χ2v) is 9.65. The Morgan fingerprint density at radius 1 is 0.909 bits per heavy atom. The fourth-order valence-corrected chi connectivity index (χ4v) is 4.99. The third kappa shape index (κ3) is 3.34. The van der Waals surface area contributed by atoms with Gasteiger partial charge in [-0.2, -0.15) is 8.61 Å². The molecular weight excluding hydrogens is 324 g/mol. The Bertz CT molecular complexity index is 749. The highest BCUT2D eigenvalue weighted by Gasteiger charge is 2.32. The standard InChI is InChI=1S/C14H22N2O4S2/c1-4-21(17,18)15-7-9-16(10-8-15)22(19,20)14-6-5-12(2)13(3)11-14/h5-6,11H,4,7-10H2,1-3H3. The molecular formula is C14H22N2O4S2. The van der Waals surface area contributed by atoms with E-state index < -0.39 is 20.0 Å². The lowest BCUT2D eigenvalue weighted by Crippen LogP contribution is -2.50. The van der Waals surface area contributed by atoms with Crippen LogP contribution >= 0.6 is 0 Å². The van der Waals surface area contributed by atoms with E-state index in [4.69, 9.17) is 0 Å². The molecule has 0 N–H and O–H groups in total. The van der Waals surface area contributed by atoms with Crippen LogP contribution in [-0.4, -0.2) is 57.4 Å². The maximum absolute atomic E-state index is 12.6. The molecule has 1 aromatic rings. The Kier molecular flexibility index (Phi) is 4.96. The molecule has 0 radical (unpaired) electrons. The van der Waals surface area contributed by atoms with Crippen LogP contribution < -0.4 is 0 Å². The molecule has 2 rings (SSSR count). The highest BCUT2D eigenvalue weighted by atomic mass is 32.2. The van der Waals surface area contributed by atoms with E-state index in [0.29, 0.717) is 0 Å². The SMILES string of the molecule is CCS(=O)(=O)N1CCN(S(=O)(=O)c2ccc(C)c(C)c2)CC1. The summed E-state index contributed by atoms with van der Waals surface area (Å²) in [5.41, 5.74) is 1.96. The van der Waals surface area contributed by atoms with Gasteiger partial charge >= 0.3 is 0 Å². The van der Waals surface area contributed by atoms with Crippen molar-refractivity contribution in [2.45, 2.75) is 25.7 Å². The minimum absolute atomic E-state index is 0.0386. The Balaban J connectivity index is 2.18. The molecule has 1 heterocycles. The molecule has 0 atom stereocenters. The van der Waals surface area contributed by atoms with E-state index in [1.54, 1.807) is 25.1 Å². The second-order valence-electron chi connectivity index (χ2n) is 5.45. The summed E-state index contributed by atoms with van der Waals surface area (Å²) < 4.78 is 51.6. The lowest BCUT2D eigenvalue weighted by atomic mass is 10.1. The van der Waals surface area contributed by atoms with Crippen molar-refractivity contribution < 1.29 is 16.8 Å². The fraction of sp³-hybridized carbons (Fsp3) is 0.571. The smallest absolute Gasteiger partial charge is 0.212 e. The van der Waals surface area contributed by atoms with E-state index in [1.165, 1.54) is 8.61 Å². The summed E-state index contributed by atoms with van der Waals surface area (Å²) >= 11 is 0. The first kappa shape index (κ1) is 17.4. The van der Waals surface area contributed by atoms with Crippen molar-refractivity contribution in [1.29, 1.82) is 0 Å². The van der Waals surface area contributed by atoms with Crippen LogP contribution in [0.1, 0.15) is 18.1 Å². The minimum Gasteiger partial charge on any atom is -0.212 e. The zero-order chi connectivity index (χ0) is 16.5. The molecule has 0 amide bonds. The summed E-state index contributed by atoms with van der Waals surface area (Å²) in [5, 5.41) is 0. The van der Waals surface area contributed by atoms with Crippen LogP contribution in [0.3, 0.4) is 0 Å². The average Bonchev–Trinajstić information content (AvgIpc) is 2.50. The monoisotopic (exact) mass is 346 g/mol. The number of piperazine rings is 1. The van der Waals surface area contributed by atoms with Gasteiger partial charge in [-0.25, -0.2) is 16.8 Å². The van der Waals surface area contributed by atoms with Gasteiger partial charge in [0, 0.05) is 26.2 Å². The first-order valence-corrected chi connectivity index (χ1v) is 10.3. The lowest BCUT2D eigenvalue weighted by Gasteiger charge is -2.33. The van der Waals surface area contributed by atoms with Gasteiger partial charge in [-0.3, -0.25) is 0 Å². The fourth-order valence-electron chi connectivity index (χ4n) is 2.39. The van der Waals surface area contributed by atoms with Crippen LogP contribution in [0.25, 0.3) is 0 Å². The van der Waals surface area contributed by atoms with Gasteiger partial charge in [-0.05, 0) is 44.0 Å². The molecule has 0 aliphatic carbocycles. The van der Waals surface area contributed by atoms with Crippen LogP contribution in [0.4, 0.5) is 0 Å². The van der Waals surface area contributed by atoms with E-state index in [0.717, 1.165) is 11.1 Å². The minimum atomic E-state index is -3.57. The maximum Gasteiger partial charge on any atom is 0.243 e. The molecule has 1 aromatic carbocycles. The van der Waals surface area contributed by atoms with Crippen molar-refractivity contribution in [2.75, 3.05) is 31.9 Å². The van der Waals surface area contributed by atoms with Crippen LogP contribution in [0.2, 0.25) is 0 Å². The van der Waals surface area contributed by atoms with Crippen LogP contribution in [0, 0.1) is 13.8 Å². The van der Waals surface area contributed by atoms with Crippen molar-refractivity contribution >= 4 is 20.0 Å². The molecule has 0 spiro atoms. The van der Waals surface area contributed by atoms with Gasteiger partial charge in [0.15, 0.2) is 0 Å². The van der Waals surface area contributed by atoms with Gasteiger partial charge in [-0.1, -0.05) is 6.07 Å². The van der Waals surface area contributed by atoms with E-state index in [-0.39, 0.29) is 36.8 Å². The summed E-state index contributed by atoms with van der Waals surface area (Å²) in [4.78, 5) is 0.266. The summed E-state index contributed by atoms with van der Waals surface area (Å²) in [7, 11) is -6.82. The predicted octanol–water partition coefficient (Wildman–Crippen LogP) is 0.959.